The lowest BCUT2D eigenvalue weighted by molar-refractivity contribution is -0.128. The molecule has 0 heterocycles. The molecule has 0 aromatic heterocycles. The predicted octanol–water partition coefficient (Wildman–Crippen LogP) is 3.56. The maximum absolute atomic E-state index is 12.7. The van der Waals surface area contributed by atoms with Gasteiger partial charge in [0.2, 0.25) is 0 Å². The molecule has 0 aliphatic rings. The Balaban J connectivity index is 2.14. The van der Waals surface area contributed by atoms with Crippen molar-refractivity contribution >= 4 is 21.7 Å². The van der Waals surface area contributed by atoms with Crippen molar-refractivity contribution in [3.63, 3.8) is 0 Å². The smallest absolute Gasteiger partial charge is 0.336 e. The lowest BCUT2D eigenvalue weighted by Crippen LogP contribution is -2.26. The van der Waals surface area contributed by atoms with Gasteiger partial charge in [-0.3, -0.25) is 4.31 Å². The number of hydrogen-bond donors (Lipinski definition) is 0. The average Bonchev–Trinajstić information content (AvgIpc) is 2.68. The highest BCUT2D eigenvalue weighted by atomic mass is 32.2. The number of anilines is 1. The molecule has 2 aromatic rings. The third kappa shape index (κ3) is 5.21. The van der Waals surface area contributed by atoms with Gasteiger partial charge in [-0.1, -0.05) is 18.2 Å². The number of ether oxygens (including phenoxy) is 2. The number of rotatable bonds is 7. The quantitative estimate of drug-likeness (QED) is 0.314. The third-order valence-electron chi connectivity index (χ3n) is 3.67. The number of benzene rings is 2. The summed E-state index contributed by atoms with van der Waals surface area (Å²) >= 11 is 0. The number of allylic oxidation sites excluding steroid dienone is 3. The molecular formula is C20H21NO5S. The van der Waals surface area contributed by atoms with E-state index in [1.807, 2.05) is 6.92 Å². The van der Waals surface area contributed by atoms with E-state index in [4.69, 9.17) is 9.47 Å². The van der Waals surface area contributed by atoms with Gasteiger partial charge in [0.05, 0.1) is 17.7 Å². The molecule has 0 saturated carbocycles. The van der Waals surface area contributed by atoms with Crippen LogP contribution in [0.5, 0.6) is 11.5 Å². The summed E-state index contributed by atoms with van der Waals surface area (Å²) in [6.07, 6.45) is 6.38. The van der Waals surface area contributed by atoms with Gasteiger partial charge in [0.1, 0.15) is 11.5 Å². The molecule has 0 unspecified atom stereocenters. The molecular weight excluding hydrogens is 366 g/mol. The Hall–Kier alpha value is -3.06. The van der Waals surface area contributed by atoms with Crippen molar-refractivity contribution in [1.82, 2.24) is 0 Å². The fourth-order valence-electron chi connectivity index (χ4n) is 2.16. The fourth-order valence-corrected chi connectivity index (χ4v) is 3.36. The molecule has 27 heavy (non-hydrogen) atoms. The molecule has 2 rings (SSSR count). The molecule has 0 bridgehead atoms. The second-order valence-corrected chi connectivity index (χ2v) is 7.42. The Morgan fingerprint density at radius 3 is 2.11 bits per heavy atom. The Kier molecular flexibility index (Phi) is 6.79. The largest absolute Gasteiger partial charge is 0.497 e. The highest BCUT2D eigenvalue weighted by molar-refractivity contribution is 7.92. The van der Waals surface area contributed by atoms with Crippen molar-refractivity contribution in [2.45, 2.75) is 11.8 Å². The molecule has 0 saturated heterocycles. The lowest BCUT2D eigenvalue weighted by Gasteiger charge is -2.20. The van der Waals surface area contributed by atoms with Crippen molar-refractivity contribution in [2.75, 3.05) is 18.5 Å². The molecule has 0 aliphatic heterocycles. The topological polar surface area (TPSA) is 72.9 Å². The molecule has 0 N–H and O–H groups in total. The first-order valence-corrected chi connectivity index (χ1v) is 9.56. The van der Waals surface area contributed by atoms with Gasteiger partial charge in [-0.2, -0.15) is 0 Å². The Morgan fingerprint density at radius 2 is 1.56 bits per heavy atom. The lowest BCUT2D eigenvalue weighted by atomic mass is 10.3. The van der Waals surface area contributed by atoms with Gasteiger partial charge in [-0.25, -0.2) is 13.2 Å². The van der Waals surface area contributed by atoms with E-state index in [1.54, 1.807) is 42.5 Å². The van der Waals surface area contributed by atoms with E-state index in [-0.39, 0.29) is 4.90 Å². The summed E-state index contributed by atoms with van der Waals surface area (Å²) in [4.78, 5) is 11.8. The van der Waals surface area contributed by atoms with Gasteiger partial charge in [-0.15, -0.1) is 0 Å². The summed E-state index contributed by atoms with van der Waals surface area (Å²) in [6.45, 7) is 1.84. The average molecular weight is 387 g/mol. The van der Waals surface area contributed by atoms with E-state index in [0.29, 0.717) is 17.2 Å². The maximum atomic E-state index is 12.7. The number of sulfonamides is 1. The number of methoxy groups -OCH3 is 1. The van der Waals surface area contributed by atoms with Crippen LogP contribution in [-0.4, -0.2) is 28.5 Å². The van der Waals surface area contributed by atoms with Crippen LogP contribution in [0.1, 0.15) is 6.92 Å². The van der Waals surface area contributed by atoms with E-state index >= 15 is 0 Å². The third-order valence-corrected chi connectivity index (χ3v) is 5.47. The van der Waals surface area contributed by atoms with Crippen LogP contribution >= 0.6 is 0 Å². The zero-order valence-electron chi connectivity index (χ0n) is 15.3. The summed E-state index contributed by atoms with van der Waals surface area (Å²) in [5.41, 5.74) is 0.440. The Bertz CT molecular complexity index is 929. The number of esters is 1. The van der Waals surface area contributed by atoms with Crippen LogP contribution < -0.4 is 13.8 Å². The molecule has 0 atom stereocenters. The van der Waals surface area contributed by atoms with Gasteiger partial charge in [0, 0.05) is 13.1 Å². The molecule has 6 nitrogen and oxygen atoms in total. The summed E-state index contributed by atoms with van der Waals surface area (Å²) in [7, 11) is -0.744. The first-order valence-electron chi connectivity index (χ1n) is 8.12. The van der Waals surface area contributed by atoms with Crippen molar-refractivity contribution in [3.05, 3.63) is 72.8 Å². The molecule has 7 heteroatoms. The molecule has 142 valence electrons. The van der Waals surface area contributed by atoms with Crippen LogP contribution in [0, 0.1) is 0 Å². The van der Waals surface area contributed by atoms with E-state index < -0.39 is 16.0 Å². The normalized spacial score (nSPS) is 11.7. The second kappa shape index (κ2) is 9.05. The fraction of sp³-hybridized carbons (Fsp3) is 0.150. The number of hydrogen-bond acceptors (Lipinski definition) is 5. The van der Waals surface area contributed by atoms with Crippen LogP contribution in [0.4, 0.5) is 5.69 Å². The monoisotopic (exact) mass is 387 g/mol. The van der Waals surface area contributed by atoms with Crippen LogP contribution in [0.3, 0.4) is 0 Å². The molecule has 2 aromatic carbocycles. The summed E-state index contributed by atoms with van der Waals surface area (Å²) in [5, 5.41) is 0. The molecule has 0 amide bonds. The standard InChI is InChI=1S/C20H21NO5S/c1-4-5-6-7-20(22)26-18-10-8-16(9-11-18)21(2)27(23,24)19-14-12-17(25-3)13-15-19/h4-15H,1-3H3/b5-4+,7-6+. The zero-order valence-corrected chi connectivity index (χ0v) is 16.1. The minimum atomic E-state index is -3.72. The van der Waals surface area contributed by atoms with Crippen molar-refractivity contribution in [2.24, 2.45) is 0 Å². The molecule has 0 radical (unpaired) electrons. The minimum Gasteiger partial charge on any atom is -0.497 e. The van der Waals surface area contributed by atoms with Crippen molar-refractivity contribution in [3.8, 4) is 11.5 Å². The SMILES string of the molecule is C/C=C/C=C/C(=O)Oc1ccc(N(C)S(=O)(=O)c2ccc(OC)cc2)cc1. The molecule has 0 spiro atoms. The van der Waals surface area contributed by atoms with Crippen molar-refractivity contribution < 1.29 is 22.7 Å². The highest BCUT2D eigenvalue weighted by Gasteiger charge is 2.21. The van der Waals surface area contributed by atoms with Crippen molar-refractivity contribution in [1.29, 1.82) is 0 Å². The maximum Gasteiger partial charge on any atom is 0.336 e. The predicted molar refractivity (Wildman–Crippen MR) is 105 cm³/mol. The number of carbonyl (C=O) groups is 1. The van der Waals surface area contributed by atoms with E-state index in [2.05, 4.69) is 0 Å². The van der Waals surface area contributed by atoms with Gasteiger partial charge >= 0.3 is 5.97 Å². The van der Waals surface area contributed by atoms with E-state index in [0.717, 1.165) is 4.31 Å². The van der Waals surface area contributed by atoms with Gasteiger partial charge < -0.3 is 9.47 Å². The van der Waals surface area contributed by atoms with Crippen LogP contribution in [0.15, 0.2) is 77.7 Å². The number of nitrogens with zero attached hydrogens (tertiary/aromatic N) is 1. The summed E-state index contributed by atoms with van der Waals surface area (Å²) in [5.74, 6) is 0.385. The summed E-state index contributed by atoms with van der Waals surface area (Å²) < 4.78 is 36.8. The van der Waals surface area contributed by atoms with Gasteiger partial charge in [-0.05, 0) is 55.5 Å². The van der Waals surface area contributed by atoms with Crippen LogP contribution in [-0.2, 0) is 14.8 Å². The minimum absolute atomic E-state index is 0.149. The van der Waals surface area contributed by atoms with Crippen LogP contribution in [0.25, 0.3) is 0 Å². The van der Waals surface area contributed by atoms with E-state index in [1.165, 1.54) is 44.5 Å². The Labute approximate surface area is 159 Å². The molecule has 0 fully saturated rings. The first-order chi connectivity index (χ1) is 12.9. The highest BCUT2D eigenvalue weighted by Crippen LogP contribution is 2.25. The van der Waals surface area contributed by atoms with Gasteiger partial charge in [0.25, 0.3) is 10.0 Å². The number of carbonyl (C=O) groups excluding carboxylic acids is 1. The van der Waals surface area contributed by atoms with Crippen LogP contribution in [0.2, 0.25) is 0 Å². The zero-order chi connectivity index (χ0) is 19.9. The Morgan fingerprint density at radius 1 is 0.963 bits per heavy atom. The van der Waals surface area contributed by atoms with E-state index in [9.17, 15) is 13.2 Å². The van der Waals surface area contributed by atoms with Gasteiger partial charge in [0.15, 0.2) is 0 Å². The second-order valence-electron chi connectivity index (χ2n) is 5.45. The molecule has 0 aliphatic carbocycles. The first kappa shape index (κ1) is 20.3. The summed E-state index contributed by atoms with van der Waals surface area (Å²) in [6, 6.07) is 12.4.